The van der Waals surface area contributed by atoms with Crippen LogP contribution >= 0.6 is 0 Å². The molecule has 0 bridgehead atoms. The van der Waals surface area contributed by atoms with Crippen molar-refractivity contribution in [1.82, 2.24) is 25.1 Å². The lowest BCUT2D eigenvalue weighted by atomic mass is 10.2. The summed E-state index contributed by atoms with van der Waals surface area (Å²) in [7, 11) is 0. The van der Waals surface area contributed by atoms with Crippen LogP contribution in [0.3, 0.4) is 0 Å². The molecule has 1 fully saturated rings. The zero-order chi connectivity index (χ0) is 10.7. The first-order chi connectivity index (χ1) is 7.27. The molecule has 1 atom stereocenters. The van der Waals surface area contributed by atoms with Gasteiger partial charge in [0.1, 0.15) is 12.9 Å². The molecule has 1 aliphatic heterocycles. The number of nitrogens with zero attached hydrogens (tertiary/aromatic N) is 5. The highest BCUT2D eigenvalue weighted by atomic mass is 16.5. The van der Waals surface area contributed by atoms with Gasteiger partial charge in [-0.2, -0.15) is 0 Å². The SMILES string of the molecule is CC1COCCN1C(=O)Cn1cnnn1. The van der Waals surface area contributed by atoms with Gasteiger partial charge in [-0.3, -0.25) is 4.79 Å². The van der Waals surface area contributed by atoms with Gasteiger partial charge in [0.2, 0.25) is 5.91 Å². The Morgan fingerprint density at radius 3 is 3.20 bits per heavy atom. The Bertz CT molecular complexity index is 326. The van der Waals surface area contributed by atoms with Crippen LogP contribution in [0.5, 0.6) is 0 Å². The maximum absolute atomic E-state index is 11.8. The van der Waals surface area contributed by atoms with E-state index in [2.05, 4.69) is 15.5 Å². The molecule has 15 heavy (non-hydrogen) atoms. The van der Waals surface area contributed by atoms with E-state index in [1.165, 1.54) is 11.0 Å². The predicted octanol–water partition coefficient (Wildman–Crippen LogP) is -1.08. The van der Waals surface area contributed by atoms with Gasteiger partial charge in [0.05, 0.1) is 19.3 Å². The Morgan fingerprint density at radius 1 is 1.67 bits per heavy atom. The molecule has 2 rings (SSSR count). The molecule has 0 N–H and O–H groups in total. The molecule has 0 saturated carbocycles. The van der Waals surface area contributed by atoms with Crippen molar-refractivity contribution in [3.63, 3.8) is 0 Å². The Kier molecular flexibility index (Phi) is 2.91. The van der Waals surface area contributed by atoms with Crippen molar-refractivity contribution in [3.05, 3.63) is 6.33 Å². The lowest BCUT2D eigenvalue weighted by Gasteiger charge is -2.33. The first kappa shape index (κ1) is 10.0. The number of rotatable bonds is 2. The van der Waals surface area contributed by atoms with E-state index < -0.39 is 0 Å². The van der Waals surface area contributed by atoms with Crippen LogP contribution in [0, 0.1) is 0 Å². The molecule has 1 unspecified atom stereocenters. The minimum absolute atomic E-state index is 0.0260. The van der Waals surface area contributed by atoms with Gasteiger partial charge in [-0.1, -0.05) is 0 Å². The summed E-state index contributed by atoms with van der Waals surface area (Å²) in [6.45, 7) is 4.00. The van der Waals surface area contributed by atoms with Crippen molar-refractivity contribution in [2.75, 3.05) is 19.8 Å². The standard InChI is InChI=1S/C8H13N5O2/c1-7-5-15-3-2-13(7)8(14)4-12-6-9-10-11-12/h6-7H,2-5H2,1H3. The third kappa shape index (κ3) is 2.30. The van der Waals surface area contributed by atoms with Crippen LogP contribution in [0.1, 0.15) is 6.92 Å². The Labute approximate surface area is 87.0 Å². The molecule has 0 spiro atoms. The fraction of sp³-hybridized carbons (Fsp3) is 0.750. The average molecular weight is 211 g/mol. The number of ether oxygens (including phenoxy) is 1. The lowest BCUT2D eigenvalue weighted by Crippen LogP contribution is -2.48. The number of carbonyl (C=O) groups excluding carboxylic acids is 1. The second kappa shape index (κ2) is 4.35. The highest BCUT2D eigenvalue weighted by molar-refractivity contribution is 5.76. The van der Waals surface area contributed by atoms with E-state index in [0.29, 0.717) is 19.8 Å². The molecule has 2 heterocycles. The molecule has 0 aromatic carbocycles. The van der Waals surface area contributed by atoms with Crippen LogP contribution in [0.25, 0.3) is 0 Å². The van der Waals surface area contributed by atoms with Crippen LogP contribution in [0.4, 0.5) is 0 Å². The molecule has 7 heteroatoms. The molecule has 82 valence electrons. The number of carbonyl (C=O) groups is 1. The van der Waals surface area contributed by atoms with E-state index >= 15 is 0 Å². The van der Waals surface area contributed by atoms with Crippen molar-refractivity contribution < 1.29 is 9.53 Å². The molecule has 1 aromatic heterocycles. The van der Waals surface area contributed by atoms with Gasteiger partial charge < -0.3 is 9.64 Å². The topological polar surface area (TPSA) is 73.1 Å². The minimum Gasteiger partial charge on any atom is -0.377 e. The summed E-state index contributed by atoms with van der Waals surface area (Å²) in [5, 5.41) is 10.6. The van der Waals surface area contributed by atoms with Crippen LogP contribution in [-0.2, 0) is 16.1 Å². The fourth-order valence-electron chi connectivity index (χ4n) is 1.58. The molecule has 7 nitrogen and oxygen atoms in total. The highest BCUT2D eigenvalue weighted by Gasteiger charge is 2.23. The third-order valence-corrected chi connectivity index (χ3v) is 2.38. The number of hydrogen-bond acceptors (Lipinski definition) is 5. The number of hydrogen-bond donors (Lipinski definition) is 0. The zero-order valence-electron chi connectivity index (χ0n) is 8.54. The molecule has 0 radical (unpaired) electrons. The van der Waals surface area contributed by atoms with Gasteiger partial charge >= 0.3 is 0 Å². The monoisotopic (exact) mass is 211 g/mol. The number of amides is 1. The van der Waals surface area contributed by atoms with Gasteiger partial charge in [-0.05, 0) is 17.4 Å². The average Bonchev–Trinajstić information content (AvgIpc) is 2.71. The second-order valence-electron chi connectivity index (χ2n) is 3.52. The van der Waals surface area contributed by atoms with Gasteiger partial charge in [0.15, 0.2) is 0 Å². The fourth-order valence-corrected chi connectivity index (χ4v) is 1.58. The molecule has 1 aromatic rings. The normalized spacial score (nSPS) is 21.7. The first-order valence-corrected chi connectivity index (χ1v) is 4.85. The maximum Gasteiger partial charge on any atom is 0.244 e. The number of tetrazole rings is 1. The van der Waals surface area contributed by atoms with E-state index in [9.17, 15) is 4.79 Å². The molecular weight excluding hydrogens is 198 g/mol. The summed E-state index contributed by atoms with van der Waals surface area (Å²) >= 11 is 0. The molecule has 1 aliphatic rings. The predicted molar refractivity (Wildman–Crippen MR) is 49.8 cm³/mol. The van der Waals surface area contributed by atoms with E-state index in [4.69, 9.17) is 4.74 Å². The van der Waals surface area contributed by atoms with Gasteiger partial charge in [-0.25, -0.2) is 4.68 Å². The summed E-state index contributed by atoms with van der Waals surface area (Å²) in [6, 6.07) is 0.128. The van der Waals surface area contributed by atoms with Crippen LogP contribution < -0.4 is 0 Å². The van der Waals surface area contributed by atoms with Crippen molar-refractivity contribution in [1.29, 1.82) is 0 Å². The summed E-state index contributed by atoms with van der Waals surface area (Å²) in [5.74, 6) is 0.0260. The number of aromatic nitrogens is 4. The van der Waals surface area contributed by atoms with Crippen LogP contribution in [0.2, 0.25) is 0 Å². The molecule has 1 amide bonds. The van der Waals surface area contributed by atoms with Crippen molar-refractivity contribution in [3.8, 4) is 0 Å². The third-order valence-electron chi connectivity index (χ3n) is 2.38. The Morgan fingerprint density at radius 2 is 2.53 bits per heavy atom. The molecule has 0 aliphatic carbocycles. The van der Waals surface area contributed by atoms with E-state index in [1.807, 2.05) is 6.92 Å². The van der Waals surface area contributed by atoms with Crippen LogP contribution in [-0.4, -0.2) is 56.8 Å². The largest absolute Gasteiger partial charge is 0.377 e. The Hall–Kier alpha value is -1.50. The van der Waals surface area contributed by atoms with E-state index in [1.54, 1.807) is 4.90 Å². The lowest BCUT2D eigenvalue weighted by molar-refractivity contribution is -0.139. The van der Waals surface area contributed by atoms with Crippen molar-refractivity contribution in [2.24, 2.45) is 0 Å². The number of morpholine rings is 1. The second-order valence-corrected chi connectivity index (χ2v) is 3.52. The highest BCUT2D eigenvalue weighted by Crippen LogP contribution is 2.06. The zero-order valence-corrected chi connectivity index (χ0v) is 8.54. The van der Waals surface area contributed by atoms with E-state index in [-0.39, 0.29) is 18.5 Å². The summed E-state index contributed by atoms with van der Waals surface area (Å²) < 4.78 is 6.68. The molecule has 1 saturated heterocycles. The summed E-state index contributed by atoms with van der Waals surface area (Å²) in [5.41, 5.74) is 0. The van der Waals surface area contributed by atoms with E-state index in [0.717, 1.165) is 0 Å². The van der Waals surface area contributed by atoms with Gasteiger partial charge in [0, 0.05) is 6.54 Å². The quantitative estimate of drug-likeness (QED) is 0.622. The van der Waals surface area contributed by atoms with Gasteiger partial charge in [0.25, 0.3) is 0 Å². The minimum atomic E-state index is 0.0260. The molecular formula is C8H13N5O2. The summed E-state index contributed by atoms with van der Waals surface area (Å²) in [6.07, 6.45) is 1.43. The summed E-state index contributed by atoms with van der Waals surface area (Å²) in [4.78, 5) is 13.6. The van der Waals surface area contributed by atoms with Crippen molar-refractivity contribution in [2.45, 2.75) is 19.5 Å². The maximum atomic E-state index is 11.8. The van der Waals surface area contributed by atoms with Crippen LogP contribution in [0.15, 0.2) is 6.33 Å². The van der Waals surface area contributed by atoms with Crippen molar-refractivity contribution >= 4 is 5.91 Å². The first-order valence-electron chi connectivity index (χ1n) is 4.85. The Balaban J connectivity index is 1.95. The smallest absolute Gasteiger partial charge is 0.244 e. The van der Waals surface area contributed by atoms with Gasteiger partial charge in [-0.15, -0.1) is 5.10 Å².